The highest BCUT2D eigenvalue weighted by molar-refractivity contribution is 14.1. The average molecular weight is 488 g/mol. The molecule has 1 aromatic rings. The third kappa shape index (κ3) is 6.07. The van der Waals surface area contributed by atoms with Crippen LogP contribution in [0.1, 0.15) is 50.5 Å². The molecule has 0 spiro atoms. The first-order chi connectivity index (χ1) is 12.6. The number of benzene rings is 1. The van der Waals surface area contributed by atoms with Gasteiger partial charge >= 0.3 is 12.1 Å². The molecule has 0 aliphatic carbocycles. The number of ether oxygens (including phenoxy) is 2. The number of amides is 1. The summed E-state index contributed by atoms with van der Waals surface area (Å²) in [6.07, 6.45) is -0.257. The van der Waals surface area contributed by atoms with Gasteiger partial charge in [0, 0.05) is 35.8 Å². The summed E-state index contributed by atoms with van der Waals surface area (Å²) in [6, 6.07) is 5.93. The van der Waals surface area contributed by atoms with Crippen LogP contribution in [0.4, 0.5) is 4.79 Å². The van der Waals surface area contributed by atoms with Crippen LogP contribution >= 0.6 is 22.6 Å². The van der Waals surface area contributed by atoms with E-state index < -0.39 is 5.60 Å². The second-order valence-electron chi connectivity index (χ2n) is 7.75. The second-order valence-corrected chi connectivity index (χ2v) is 8.82. The van der Waals surface area contributed by atoms with Crippen LogP contribution in [0, 0.1) is 3.57 Å². The Morgan fingerprint density at radius 2 is 1.96 bits per heavy atom. The fourth-order valence-electron chi connectivity index (χ4n) is 3.01. The lowest BCUT2D eigenvalue weighted by Crippen LogP contribution is -2.54. The molecule has 1 fully saturated rings. The van der Waals surface area contributed by atoms with Crippen LogP contribution in [0.5, 0.6) is 0 Å². The van der Waals surface area contributed by atoms with Gasteiger partial charge in [-0.1, -0.05) is 12.1 Å². The topological polar surface area (TPSA) is 59.1 Å². The van der Waals surface area contributed by atoms with Crippen molar-refractivity contribution in [1.29, 1.82) is 0 Å². The summed E-state index contributed by atoms with van der Waals surface area (Å²) in [7, 11) is 0. The Morgan fingerprint density at radius 3 is 2.56 bits per heavy atom. The van der Waals surface area contributed by atoms with Crippen LogP contribution in [0.15, 0.2) is 18.2 Å². The molecule has 6 nitrogen and oxygen atoms in total. The van der Waals surface area contributed by atoms with Gasteiger partial charge in [0.15, 0.2) is 0 Å². The van der Waals surface area contributed by atoms with Crippen molar-refractivity contribution < 1.29 is 19.1 Å². The fraction of sp³-hybridized carbons (Fsp3) is 0.600. The second kappa shape index (κ2) is 9.23. The standard InChI is InChI=1S/C20H29IN2O4/c1-6-26-18(24)16-9-7-8-15(17(16)21)13-22-10-11-23(12-14(22)2)19(25)27-20(3,4)5/h7-9,14H,6,10-13H2,1-5H3/t14-/m1/s1. The predicted molar refractivity (Wildman–Crippen MR) is 113 cm³/mol. The summed E-state index contributed by atoms with van der Waals surface area (Å²) < 4.78 is 11.5. The first-order valence-corrected chi connectivity index (χ1v) is 10.4. The number of rotatable bonds is 4. The number of hydrogen-bond acceptors (Lipinski definition) is 5. The fourth-order valence-corrected chi connectivity index (χ4v) is 3.76. The highest BCUT2D eigenvalue weighted by Crippen LogP contribution is 2.23. The lowest BCUT2D eigenvalue weighted by Gasteiger charge is -2.40. The van der Waals surface area contributed by atoms with E-state index in [1.54, 1.807) is 17.9 Å². The molecule has 0 radical (unpaired) electrons. The van der Waals surface area contributed by atoms with Gasteiger partial charge in [-0.2, -0.15) is 0 Å². The van der Waals surface area contributed by atoms with Gasteiger partial charge in [-0.15, -0.1) is 0 Å². The van der Waals surface area contributed by atoms with E-state index in [1.165, 1.54) is 0 Å². The van der Waals surface area contributed by atoms with Crippen LogP contribution in [0.3, 0.4) is 0 Å². The van der Waals surface area contributed by atoms with E-state index in [-0.39, 0.29) is 18.1 Å². The van der Waals surface area contributed by atoms with E-state index in [9.17, 15) is 9.59 Å². The van der Waals surface area contributed by atoms with Crippen LogP contribution in [-0.2, 0) is 16.0 Å². The molecular weight excluding hydrogens is 459 g/mol. The van der Waals surface area contributed by atoms with Crippen LogP contribution in [-0.4, -0.2) is 59.7 Å². The average Bonchev–Trinajstić information content (AvgIpc) is 2.57. The van der Waals surface area contributed by atoms with E-state index in [0.29, 0.717) is 25.3 Å². The molecule has 27 heavy (non-hydrogen) atoms. The molecule has 1 aromatic carbocycles. The van der Waals surface area contributed by atoms with Gasteiger partial charge in [0.05, 0.1) is 12.2 Å². The lowest BCUT2D eigenvalue weighted by atomic mass is 10.1. The van der Waals surface area contributed by atoms with E-state index >= 15 is 0 Å². The maximum absolute atomic E-state index is 12.3. The molecule has 150 valence electrons. The van der Waals surface area contributed by atoms with Gasteiger partial charge in [-0.25, -0.2) is 9.59 Å². The molecule has 1 aliphatic rings. The molecule has 2 rings (SSSR count). The number of esters is 1. The molecule has 0 saturated carbocycles. The summed E-state index contributed by atoms with van der Waals surface area (Å²) >= 11 is 2.22. The minimum absolute atomic E-state index is 0.202. The summed E-state index contributed by atoms with van der Waals surface area (Å²) in [5.41, 5.74) is 1.22. The van der Waals surface area contributed by atoms with Gasteiger partial charge in [-0.3, -0.25) is 4.90 Å². The summed E-state index contributed by atoms with van der Waals surface area (Å²) in [6.45, 7) is 12.7. The van der Waals surface area contributed by atoms with Crippen molar-refractivity contribution in [2.75, 3.05) is 26.2 Å². The zero-order chi connectivity index (χ0) is 20.2. The van der Waals surface area contributed by atoms with E-state index in [0.717, 1.165) is 22.2 Å². The zero-order valence-corrected chi connectivity index (χ0v) is 18.9. The summed E-state index contributed by atoms with van der Waals surface area (Å²) in [4.78, 5) is 28.5. The van der Waals surface area contributed by atoms with E-state index in [4.69, 9.17) is 9.47 Å². The number of halogens is 1. The van der Waals surface area contributed by atoms with Crippen molar-refractivity contribution in [1.82, 2.24) is 9.80 Å². The Balaban J connectivity index is 2.03. The summed E-state index contributed by atoms with van der Waals surface area (Å²) in [5, 5.41) is 0. The van der Waals surface area contributed by atoms with Gasteiger partial charge in [0.2, 0.25) is 0 Å². The van der Waals surface area contributed by atoms with Gasteiger partial charge in [0.1, 0.15) is 5.60 Å². The van der Waals surface area contributed by atoms with E-state index in [1.807, 2.05) is 32.9 Å². The highest BCUT2D eigenvalue weighted by atomic mass is 127. The van der Waals surface area contributed by atoms with Gasteiger partial charge in [-0.05, 0) is 68.8 Å². The number of hydrogen-bond donors (Lipinski definition) is 0. The van der Waals surface area contributed by atoms with Crippen molar-refractivity contribution in [2.24, 2.45) is 0 Å². The molecule has 1 saturated heterocycles. The van der Waals surface area contributed by atoms with Crippen LogP contribution in [0.2, 0.25) is 0 Å². The quantitative estimate of drug-likeness (QED) is 0.475. The van der Waals surface area contributed by atoms with Gasteiger partial charge < -0.3 is 14.4 Å². The molecular formula is C20H29IN2O4. The molecule has 0 bridgehead atoms. The van der Waals surface area contributed by atoms with E-state index in [2.05, 4.69) is 34.4 Å². The molecule has 1 aliphatic heterocycles. The maximum Gasteiger partial charge on any atom is 0.410 e. The van der Waals surface area contributed by atoms with Crippen molar-refractivity contribution in [3.63, 3.8) is 0 Å². The first kappa shape index (κ1) is 21.9. The van der Waals surface area contributed by atoms with Gasteiger partial charge in [0.25, 0.3) is 0 Å². The zero-order valence-electron chi connectivity index (χ0n) is 16.8. The Kier molecular flexibility index (Phi) is 7.50. The maximum atomic E-state index is 12.3. The van der Waals surface area contributed by atoms with Crippen molar-refractivity contribution >= 4 is 34.7 Å². The number of carbonyl (C=O) groups is 2. The normalized spacial score (nSPS) is 18.3. The smallest absolute Gasteiger partial charge is 0.410 e. The molecule has 1 amide bonds. The minimum atomic E-state index is -0.485. The van der Waals surface area contributed by atoms with Crippen LogP contribution < -0.4 is 0 Å². The predicted octanol–water partition coefficient (Wildman–Crippen LogP) is 3.91. The first-order valence-electron chi connectivity index (χ1n) is 9.29. The lowest BCUT2D eigenvalue weighted by molar-refractivity contribution is 0.00454. The Morgan fingerprint density at radius 1 is 1.26 bits per heavy atom. The molecule has 0 unspecified atom stereocenters. The number of carbonyl (C=O) groups excluding carboxylic acids is 2. The highest BCUT2D eigenvalue weighted by Gasteiger charge is 2.30. The molecule has 0 aromatic heterocycles. The largest absolute Gasteiger partial charge is 0.462 e. The number of piperazine rings is 1. The third-order valence-corrected chi connectivity index (χ3v) is 5.64. The van der Waals surface area contributed by atoms with Crippen molar-refractivity contribution in [3.8, 4) is 0 Å². The minimum Gasteiger partial charge on any atom is -0.462 e. The molecule has 7 heteroatoms. The summed E-state index contributed by atoms with van der Waals surface area (Å²) in [5.74, 6) is -0.286. The Hall–Kier alpha value is -1.35. The Bertz CT molecular complexity index is 687. The molecule has 0 N–H and O–H groups in total. The van der Waals surface area contributed by atoms with Crippen molar-refractivity contribution in [2.45, 2.75) is 52.8 Å². The third-order valence-electron chi connectivity index (χ3n) is 4.36. The van der Waals surface area contributed by atoms with Crippen LogP contribution in [0.25, 0.3) is 0 Å². The molecule has 1 heterocycles. The number of nitrogens with zero attached hydrogens (tertiary/aromatic N) is 2. The van der Waals surface area contributed by atoms with Crippen molar-refractivity contribution in [3.05, 3.63) is 32.9 Å². The monoisotopic (exact) mass is 488 g/mol. The Labute approximate surface area is 175 Å². The SMILES string of the molecule is CCOC(=O)c1cccc(CN2CCN(C(=O)OC(C)(C)C)C[C@H]2C)c1I. The molecule has 1 atom stereocenters.